The van der Waals surface area contributed by atoms with Crippen LogP contribution in [0.15, 0.2) is 35.1 Å². The van der Waals surface area contributed by atoms with E-state index in [0.717, 1.165) is 12.2 Å². The number of nitrogens with two attached hydrogens (primary N) is 1. The first-order chi connectivity index (χ1) is 9.16. The maximum Gasteiger partial charge on any atom is 0.255 e. The average Bonchev–Trinajstić information content (AvgIpc) is 2.38. The predicted molar refractivity (Wildman–Crippen MR) is 74.3 cm³/mol. The van der Waals surface area contributed by atoms with Crippen LogP contribution in [0.1, 0.15) is 17.7 Å². The minimum atomic E-state index is -0.162. The second kappa shape index (κ2) is 6.04. The molecule has 0 unspecified atom stereocenters. The van der Waals surface area contributed by atoms with E-state index in [1.807, 2.05) is 30.3 Å². The van der Waals surface area contributed by atoms with Crippen molar-refractivity contribution in [2.75, 3.05) is 12.3 Å². The van der Waals surface area contributed by atoms with Crippen LogP contribution >= 0.6 is 0 Å². The number of hydrogen-bond acceptors (Lipinski definition) is 4. The normalized spacial score (nSPS) is 10.4. The van der Waals surface area contributed by atoms with Crippen LogP contribution in [0, 0.1) is 6.92 Å². The standard InChI is InChI=1S/C14H17N3O2/c1-10-12(13(18)17-14(15)16-10)8-5-9-19-11-6-3-2-4-7-11/h2-4,6-7H,5,8-9H2,1H3,(H3,15,16,17,18). The Morgan fingerprint density at radius 2 is 2.05 bits per heavy atom. The quantitative estimate of drug-likeness (QED) is 0.800. The zero-order valence-electron chi connectivity index (χ0n) is 10.8. The number of H-pyrrole nitrogens is 1. The topological polar surface area (TPSA) is 81.0 Å². The van der Waals surface area contributed by atoms with Gasteiger partial charge in [-0.2, -0.15) is 0 Å². The Kier molecular flexibility index (Phi) is 4.18. The zero-order chi connectivity index (χ0) is 13.7. The number of nitrogens with one attached hydrogen (secondary N) is 1. The van der Waals surface area contributed by atoms with Crippen LogP contribution in [-0.4, -0.2) is 16.6 Å². The maximum absolute atomic E-state index is 11.7. The number of aromatic nitrogens is 2. The van der Waals surface area contributed by atoms with Crippen molar-refractivity contribution >= 4 is 5.95 Å². The fourth-order valence-electron chi connectivity index (χ4n) is 1.88. The molecule has 0 radical (unpaired) electrons. The van der Waals surface area contributed by atoms with E-state index in [2.05, 4.69) is 9.97 Å². The van der Waals surface area contributed by atoms with Crippen molar-refractivity contribution in [2.24, 2.45) is 0 Å². The Labute approximate surface area is 111 Å². The highest BCUT2D eigenvalue weighted by Gasteiger charge is 2.06. The molecule has 1 heterocycles. The first-order valence-corrected chi connectivity index (χ1v) is 6.20. The van der Waals surface area contributed by atoms with E-state index < -0.39 is 0 Å². The third-order valence-corrected chi connectivity index (χ3v) is 2.82. The molecule has 3 N–H and O–H groups in total. The van der Waals surface area contributed by atoms with Gasteiger partial charge in [-0.3, -0.25) is 9.78 Å². The lowest BCUT2D eigenvalue weighted by Crippen LogP contribution is -2.19. The smallest absolute Gasteiger partial charge is 0.255 e. The number of anilines is 1. The van der Waals surface area contributed by atoms with Gasteiger partial charge in [0.05, 0.1) is 6.61 Å². The fourth-order valence-corrected chi connectivity index (χ4v) is 1.88. The number of rotatable bonds is 5. The highest BCUT2D eigenvalue weighted by atomic mass is 16.5. The molecule has 19 heavy (non-hydrogen) atoms. The van der Waals surface area contributed by atoms with E-state index in [9.17, 15) is 4.79 Å². The van der Waals surface area contributed by atoms with Crippen molar-refractivity contribution in [1.29, 1.82) is 0 Å². The molecular formula is C14H17N3O2. The number of nitrogen functional groups attached to an aromatic ring is 1. The third kappa shape index (κ3) is 3.58. The van der Waals surface area contributed by atoms with Crippen molar-refractivity contribution in [3.63, 3.8) is 0 Å². The Balaban J connectivity index is 1.88. The molecule has 0 saturated heterocycles. The van der Waals surface area contributed by atoms with Crippen LogP contribution in [-0.2, 0) is 6.42 Å². The number of nitrogens with zero attached hydrogens (tertiary/aromatic N) is 1. The fraction of sp³-hybridized carbons (Fsp3) is 0.286. The van der Waals surface area contributed by atoms with E-state index in [-0.39, 0.29) is 11.5 Å². The van der Waals surface area contributed by atoms with Crippen LogP contribution < -0.4 is 16.0 Å². The molecule has 1 aromatic heterocycles. The molecule has 0 aliphatic carbocycles. The largest absolute Gasteiger partial charge is 0.494 e. The number of benzene rings is 1. The Bertz CT molecular complexity index is 593. The van der Waals surface area contributed by atoms with Gasteiger partial charge in [-0.05, 0) is 31.9 Å². The maximum atomic E-state index is 11.7. The summed E-state index contributed by atoms with van der Waals surface area (Å²) in [7, 11) is 0. The molecule has 0 aliphatic rings. The van der Waals surface area contributed by atoms with E-state index in [4.69, 9.17) is 10.5 Å². The van der Waals surface area contributed by atoms with Crippen LogP contribution in [0.4, 0.5) is 5.95 Å². The molecule has 0 bridgehead atoms. The molecule has 1 aromatic carbocycles. The van der Waals surface area contributed by atoms with Gasteiger partial charge in [0.25, 0.3) is 5.56 Å². The predicted octanol–water partition coefficient (Wildman–Crippen LogP) is 1.67. The summed E-state index contributed by atoms with van der Waals surface area (Å²) in [5.74, 6) is 0.996. The van der Waals surface area contributed by atoms with Gasteiger partial charge >= 0.3 is 0 Å². The van der Waals surface area contributed by atoms with Crippen molar-refractivity contribution in [1.82, 2.24) is 9.97 Å². The summed E-state index contributed by atoms with van der Waals surface area (Å²) in [6.45, 7) is 2.35. The molecule has 0 amide bonds. The van der Waals surface area contributed by atoms with E-state index in [1.54, 1.807) is 6.92 Å². The summed E-state index contributed by atoms with van der Waals surface area (Å²) < 4.78 is 5.57. The Hall–Kier alpha value is -2.30. The van der Waals surface area contributed by atoms with Crippen LogP contribution in [0.2, 0.25) is 0 Å². The lowest BCUT2D eigenvalue weighted by atomic mass is 10.1. The number of para-hydroxylation sites is 1. The lowest BCUT2D eigenvalue weighted by Gasteiger charge is -2.07. The molecule has 5 heteroatoms. The van der Waals surface area contributed by atoms with Gasteiger partial charge in [0, 0.05) is 11.3 Å². The first kappa shape index (κ1) is 13.1. The summed E-state index contributed by atoms with van der Waals surface area (Å²) in [4.78, 5) is 18.3. The third-order valence-electron chi connectivity index (χ3n) is 2.82. The molecular weight excluding hydrogens is 242 g/mol. The molecule has 0 atom stereocenters. The number of aryl methyl sites for hydroxylation is 1. The second-order valence-corrected chi connectivity index (χ2v) is 4.28. The minimum absolute atomic E-state index is 0.159. The highest BCUT2D eigenvalue weighted by Crippen LogP contribution is 2.09. The van der Waals surface area contributed by atoms with Crippen molar-refractivity contribution in [3.05, 3.63) is 51.9 Å². The monoisotopic (exact) mass is 259 g/mol. The molecule has 2 aromatic rings. The number of aromatic amines is 1. The molecule has 0 saturated carbocycles. The summed E-state index contributed by atoms with van der Waals surface area (Å²) >= 11 is 0. The van der Waals surface area contributed by atoms with E-state index in [1.165, 1.54) is 0 Å². The molecule has 2 rings (SSSR count). The van der Waals surface area contributed by atoms with E-state index >= 15 is 0 Å². The molecule has 100 valence electrons. The van der Waals surface area contributed by atoms with Crippen molar-refractivity contribution < 1.29 is 4.74 Å². The number of ether oxygens (including phenoxy) is 1. The van der Waals surface area contributed by atoms with Gasteiger partial charge in [-0.15, -0.1) is 0 Å². The summed E-state index contributed by atoms with van der Waals surface area (Å²) in [5, 5.41) is 0. The summed E-state index contributed by atoms with van der Waals surface area (Å²) in [6, 6.07) is 9.60. The van der Waals surface area contributed by atoms with Gasteiger partial charge in [-0.1, -0.05) is 18.2 Å². The van der Waals surface area contributed by atoms with Crippen molar-refractivity contribution in [2.45, 2.75) is 19.8 Å². The highest BCUT2D eigenvalue weighted by molar-refractivity contribution is 5.24. The van der Waals surface area contributed by atoms with Crippen LogP contribution in [0.25, 0.3) is 0 Å². The van der Waals surface area contributed by atoms with E-state index in [0.29, 0.717) is 24.3 Å². The van der Waals surface area contributed by atoms with Crippen molar-refractivity contribution in [3.8, 4) is 5.75 Å². The zero-order valence-corrected chi connectivity index (χ0v) is 10.8. The molecule has 0 aliphatic heterocycles. The Morgan fingerprint density at radius 3 is 2.74 bits per heavy atom. The van der Waals surface area contributed by atoms with Gasteiger partial charge in [0.15, 0.2) is 0 Å². The van der Waals surface area contributed by atoms with Gasteiger partial charge in [-0.25, -0.2) is 4.98 Å². The summed E-state index contributed by atoms with van der Waals surface area (Å²) in [5.41, 5.74) is 6.66. The van der Waals surface area contributed by atoms with Crippen LogP contribution in [0.5, 0.6) is 5.75 Å². The first-order valence-electron chi connectivity index (χ1n) is 6.20. The SMILES string of the molecule is Cc1nc(N)[nH]c(=O)c1CCCOc1ccccc1. The van der Waals surface area contributed by atoms with Gasteiger partial charge in [0.1, 0.15) is 5.75 Å². The lowest BCUT2D eigenvalue weighted by molar-refractivity contribution is 0.310. The average molecular weight is 259 g/mol. The molecule has 0 fully saturated rings. The van der Waals surface area contributed by atoms with Gasteiger partial charge < -0.3 is 10.5 Å². The number of hydrogen-bond donors (Lipinski definition) is 2. The Morgan fingerprint density at radius 1 is 1.32 bits per heavy atom. The molecule has 0 spiro atoms. The molecule has 5 nitrogen and oxygen atoms in total. The summed E-state index contributed by atoms with van der Waals surface area (Å²) in [6.07, 6.45) is 1.38. The van der Waals surface area contributed by atoms with Gasteiger partial charge in [0.2, 0.25) is 5.95 Å². The second-order valence-electron chi connectivity index (χ2n) is 4.28. The van der Waals surface area contributed by atoms with Crippen LogP contribution in [0.3, 0.4) is 0 Å². The minimum Gasteiger partial charge on any atom is -0.494 e.